The third-order valence-electron chi connectivity index (χ3n) is 4.14. The number of aliphatic hydroxyl groups is 1. The third-order valence-corrected chi connectivity index (χ3v) is 4.14. The summed E-state index contributed by atoms with van der Waals surface area (Å²) in [6.07, 6.45) is 8.94. The maximum absolute atomic E-state index is 10.4. The molecule has 0 aromatic heterocycles. The molecule has 1 saturated heterocycles. The molecule has 0 radical (unpaired) electrons. The topological polar surface area (TPSA) is 23.5 Å². The average Bonchev–Trinajstić information content (AvgIpc) is 3.04. The van der Waals surface area contributed by atoms with E-state index in [9.17, 15) is 5.11 Å². The minimum Gasteiger partial charge on any atom is -0.389 e. The van der Waals surface area contributed by atoms with E-state index in [1.54, 1.807) is 0 Å². The van der Waals surface area contributed by atoms with Crippen molar-refractivity contribution in [1.29, 1.82) is 0 Å². The molecule has 3 fully saturated rings. The van der Waals surface area contributed by atoms with Crippen LogP contribution in [-0.4, -0.2) is 34.7 Å². The summed E-state index contributed by atoms with van der Waals surface area (Å²) in [5.41, 5.74) is -0.314. The van der Waals surface area contributed by atoms with Gasteiger partial charge in [-0.1, -0.05) is 12.8 Å². The van der Waals surface area contributed by atoms with Crippen LogP contribution in [0.25, 0.3) is 0 Å². The molecule has 2 nitrogen and oxygen atoms in total. The fourth-order valence-electron chi connectivity index (χ4n) is 2.72. The second-order valence-corrected chi connectivity index (χ2v) is 5.66. The molecule has 2 heteroatoms. The summed E-state index contributed by atoms with van der Waals surface area (Å²) in [4.78, 5) is 2.51. The molecule has 1 N–H and O–H groups in total. The maximum atomic E-state index is 10.4. The highest BCUT2D eigenvalue weighted by molar-refractivity contribution is 4.97. The summed E-state index contributed by atoms with van der Waals surface area (Å²) in [5.74, 6) is 0.967. The van der Waals surface area contributed by atoms with Crippen LogP contribution in [-0.2, 0) is 0 Å². The van der Waals surface area contributed by atoms with Crippen molar-refractivity contribution in [2.24, 2.45) is 5.92 Å². The van der Waals surface area contributed by atoms with Gasteiger partial charge in [-0.05, 0) is 38.0 Å². The average molecular weight is 195 g/mol. The lowest BCUT2D eigenvalue weighted by atomic mass is 9.95. The zero-order valence-electron chi connectivity index (χ0n) is 8.91. The van der Waals surface area contributed by atoms with Gasteiger partial charge in [0.15, 0.2) is 0 Å². The fraction of sp³-hybridized carbons (Fsp3) is 1.00. The van der Waals surface area contributed by atoms with Gasteiger partial charge in [0, 0.05) is 19.1 Å². The van der Waals surface area contributed by atoms with Crippen molar-refractivity contribution >= 4 is 0 Å². The molecule has 80 valence electrons. The Hall–Kier alpha value is -0.0800. The lowest BCUT2D eigenvalue weighted by molar-refractivity contribution is 0.0364. The Bertz CT molecular complexity index is 222. The van der Waals surface area contributed by atoms with E-state index >= 15 is 0 Å². The molecule has 1 atom stereocenters. The van der Waals surface area contributed by atoms with Gasteiger partial charge in [-0.25, -0.2) is 0 Å². The largest absolute Gasteiger partial charge is 0.389 e. The number of β-amino-alcohol motifs (C(OH)–C–C–N with tert-alkyl or cyclic N) is 1. The van der Waals surface area contributed by atoms with Gasteiger partial charge in [0.25, 0.3) is 0 Å². The molecule has 1 heterocycles. The van der Waals surface area contributed by atoms with Crippen LogP contribution in [0.3, 0.4) is 0 Å². The lowest BCUT2D eigenvalue weighted by Gasteiger charge is -2.23. The van der Waals surface area contributed by atoms with Crippen LogP contribution in [0, 0.1) is 5.92 Å². The predicted molar refractivity (Wildman–Crippen MR) is 56.1 cm³/mol. The first-order chi connectivity index (χ1) is 6.75. The van der Waals surface area contributed by atoms with Crippen molar-refractivity contribution in [2.75, 3.05) is 13.1 Å². The molecule has 3 rings (SSSR count). The summed E-state index contributed by atoms with van der Waals surface area (Å²) in [6.45, 7) is 2.11. The molecule has 0 aromatic carbocycles. The van der Waals surface area contributed by atoms with E-state index in [0.29, 0.717) is 0 Å². The Balaban J connectivity index is 1.49. The summed E-state index contributed by atoms with van der Waals surface area (Å²) in [7, 11) is 0. The van der Waals surface area contributed by atoms with Crippen LogP contribution < -0.4 is 0 Å². The van der Waals surface area contributed by atoms with Gasteiger partial charge in [-0.2, -0.15) is 0 Å². The van der Waals surface area contributed by atoms with E-state index in [1.165, 1.54) is 32.1 Å². The standard InChI is InChI=1S/C12H21NO/c14-12(6-5-10-1-2-10)7-8-13(9-12)11-3-4-11/h10-11,14H,1-9H2. The molecule has 2 aliphatic carbocycles. The molecule has 0 spiro atoms. The molecular formula is C12H21NO. The lowest BCUT2D eigenvalue weighted by Crippen LogP contribution is -2.34. The van der Waals surface area contributed by atoms with Gasteiger partial charge in [-0.15, -0.1) is 0 Å². The summed E-state index contributed by atoms with van der Waals surface area (Å²) in [6, 6.07) is 0.838. The Kier molecular flexibility index (Phi) is 2.10. The van der Waals surface area contributed by atoms with E-state index in [0.717, 1.165) is 37.9 Å². The Morgan fingerprint density at radius 1 is 1.21 bits per heavy atom. The van der Waals surface area contributed by atoms with Crippen LogP contribution in [0.2, 0.25) is 0 Å². The molecule has 0 bridgehead atoms. The minimum atomic E-state index is -0.314. The number of likely N-dealkylation sites (tertiary alicyclic amines) is 1. The van der Waals surface area contributed by atoms with Crippen LogP contribution in [0.15, 0.2) is 0 Å². The summed E-state index contributed by atoms with van der Waals surface area (Å²) >= 11 is 0. The van der Waals surface area contributed by atoms with Gasteiger partial charge >= 0.3 is 0 Å². The van der Waals surface area contributed by atoms with Gasteiger partial charge in [0.05, 0.1) is 5.60 Å². The summed E-state index contributed by atoms with van der Waals surface area (Å²) < 4.78 is 0. The first-order valence-corrected chi connectivity index (χ1v) is 6.22. The molecule has 1 unspecified atom stereocenters. The molecule has 0 aromatic rings. The zero-order chi connectivity index (χ0) is 9.60. The number of hydrogen-bond acceptors (Lipinski definition) is 2. The zero-order valence-corrected chi connectivity index (χ0v) is 8.91. The van der Waals surface area contributed by atoms with Gasteiger partial charge in [0.1, 0.15) is 0 Å². The highest BCUT2D eigenvalue weighted by atomic mass is 16.3. The van der Waals surface area contributed by atoms with Crippen molar-refractivity contribution in [2.45, 2.75) is 56.6 Å². The monoisotopic (exact) mass is 195 g/mol. The quantitative estimate of drug-likeness (QED) is 0.739. The molecule has 3 aliphatic rings. The maximum Gasteiger partial charge on any atom is 0.0786 e. The molecule has 0 amide bonds. The smallest absolute Gasteiger partial charge is 0.0786 e. The van der Waals surface area contributed by atoms with Crippen LogP contribution in [0.5, 0.6) is 0 Å². The predicted octanol–water partition coefficient (Wildman–Crippen LogP) is 1.78. The van der Waals surface area contributed by atoms with E-state index in [4.69, 9.17) is 0 Å². The number of rotatable bonds is 4. The minimum absolute atomic E-state index is 0.314. The van der Waals surface area contributed by atoms with Crippen LogP contribution in [0.4, 0.5) is 0 Å². The number of hydrogen-bond donors (Lipinski definition) is 1. The van der Waals surface area contributed by atoms with Crippen molar-refractivity contribution in [3.05, 3.63) is 0 Å². The highest BCUT2D eigenvalue weighted by Crippen LogP contribution is 2.39. The SMILES string of the molecule is OC1(CCC2CC2)CCN(C2CC2)C1. The second kappa shape index (κ2) is 3.21. The van der Waals surface area contributed by atoms with Gasteiger partial charge < -0.3 is 5.11 Å². The third kappa shape index (κ3) is 1.96. The Morgan fingerprint density at radius 2 is 2.00 bits per heavy atom. The molecule has 1 aliphatic heterocycles. The van der Waals surface area contributed by atoms with Crippen LogP contribution >= 0.6 is 0 Å². The summed E-state index contributed by atoms with van der Waals surface area (Å²) in [5, 5.41) is 10.4. The first kappa shape index (κ1) is 9.17. The fourth-order valence-corrected chi connectivity index (χ4v) is 2.72. The van der Waals surface area contributed by atoms with E-state index < -0.39 is 0 Å². The van der Waals surface area contributed by atoms with Crippen molar-refractivity contribution in [3.8, 4) is 0 Å². The normalized spacial score (nSPS) is 39.2. The van der Waals surface area contributed by atoms with E-state index in [1.807, 2.05) is 0 Å². The molecule has 2 saturated carbocycles. The Labute approximate surface area is 86.3 Å². The van der Waals surface area contributed by atoms with Crippen molar-refractivity contribution < 1.29 is 5.11 Å². The van der Waals surface area contributed by atoms with Gasteiger partial charge in [-0.3, -0.25) is 4.90 Å². The molecular weight excluding hydrogens is 174 g/mol. The van der Waals surface area contributed by atoms with E-state index in [2.05, 4.69) is 4.90 Å². The first-order valence-electron chi connectivity index (χ1n) is 6.22. The van der Waals surface area contributed by atoms with Crippen molar-refractivity contribution in [3.63, 3.8) is 0 Å². The van der Waals surface area contributed by atoms with Gasteiger partial charge in [0.2, 0.25) is 0 Å². The number of nitrogens with zero attached hydrogens (tertiary/aromatic N) is 1. The second-order valence-electron chi connectivity index (χ2n) is 5.66. The molecule has 14 heavy (non-hydrogen) atoms. The van der Waals surface area contributed by atoms with E-state index in [-0.39, 0.29) is 5.60 Å². The van der Waals surface area contributed by atoms with Crippen molar-refractivity contribution in [1.82, 2.24) is 4.90 Å². The Morgan fingerprint density at radius 3 is 2.64 bits per heavy atom. The highest BCUT2D eigenvalue weighted by Gasteiger charge is 2.42. The van der Waals surface area contributed by atoms with Crippen LogP contribution in [0.1, 0.15) is 44.9 Å².